The van der Waals surface area contributed by atoms with Crippen LogP contribution in [-0.4, -0.2) is 58.4 Å². The van der Waals surface area contributed by atoms with E-state index < -0.39 is 17.9 Å². The highest BCUT2D eigenvalue weighted by molar-refractivity contribution is 7.90. The first-order chi connectivity index (χ1) is 15.0. The van der Waals surface area contributed by atoms with Gasteiger partial charge in [-0.3, -0.25) is 4.98 Å². The molecule has 0 saturated heterocycles. The summed E-state index contributed by atoms with van der Waals surface area (Å²) in [6, 6.07) is 4.54. The van der Waals surface area contributed by atoms with E-state index >= 15 is 0 Å². The second-order valence-corrected chi connectivity index (χ2v) is 16.6. The molecule has 172 valence electrons. The van der Waals surface area contributed by atoms with E-state index in [4.69, 9.17) is 16.3 Å². The van der Waals surface area contributed by atoms with Crippen LogP contribution in [0.3, 0.4) is 0 Å². The van der Waals surface area contributed by atoms with E-state index in [9.17, 15) is 8.42 Å². The highest BCUT2D eigenvalue weighted by Gasteiger charge is 2.20. The number of nitrogens with zero attached hydrogens (tertiary/aromatic N) is 6. The number of hydrogen-bond donors (Lipinski definition) is 0. The van der Waals surface area contributed by atoms with Crippen LogP contribution in [0.1, 0.15) is 0 Å². The van der Waals surface area contributed by atoms with Gasteiger partial charge in [0.15, 0.2) is 14.9 Å². The quantitative estimate of drug-likeness (QED) is 0.228. The van der Waals surface area contributed by atoms with Gasteiger partial charge in [0.1, 0.15) is 22.9 Å². The molecule has 12 heteroatoms. The van der Waals surface area contributed by atoms with Gasteiger partial charge in [-0.25, -0.2) is 23.4 Å². The molecule has 4 aromatic heterocycles. The van der Waals surface area contributed by atoms with Gasteiger partial charge in [0.25, 0.3) is 0 Å². The SMILES string of the molecule is C[Si](C)(C)CCOCn1cnc2cc(Cl)nc(S(C)(=O)=O)c21.Cn1cnc2cnccc21. The molecule has 0 N–H and O–H groups in total. The minimum absolute atomic E-state index is 0.0682. The molecule has 0 aromatic carbocycles. The number of halogens is 1. The van der Waals surface area contributed by atoms with Gasteiger partial charge in [-0.2, -0.15) is 0 Å². The standard InChI is InChI=1S/C13H20ClN3O3SSi.C7H7N3/c1-21(18,19)13-12-10(7-11(14)16-13)15-8-17(12)9-20-5-6-22(2,3)4;1-10-5-9-6-4-8-3-2-7(6)10/h7-8H,5-6,9H2,1-4H3;2-5H,1H3. The first-order valence-corrected chi connectivity index (χ1v) is 15.9. The highest BCUT2D eigenvalue weighted by Crippen LogP contribution is 2.24. The average Bonchev–Trinajstić information content (AvgIpc) is 3.27. The summed E-state index contributed by atoms with van der Waals surface area (Å²) in [6.45, 7) is 7.71. The summed E-state index contributed by atoms with van der Waals surface area (Å²) < 4.78 is 33.1. The molecular weight excluding hydrogens is 468 g/mol. The molecule has 0 unspecified atom stereocenters. The maximum absolute atomic E-state index is 11.9. The molecule has 0 fully saturated rings. The van der Waals surface area contributed by atoms with Gasteiger partial charge in [-0.15, -0.1) is 0 Å². The van der Waals surface area contributed by atoms with E-state index in [-0.39, 0.29) is 16.9 Å². The Labute approximate surface area is 193 Å². The topological polar surface area (TPSA) is 105 Å². The van der Waals surface area contributed by atoms with Crippen molar-refractivity contribution in [3.05, 3.63) is 42.3 Å². The van der Waals surface area contributed by atoms with Crippen LogP contribution in [0.25, 0.3) is 22.1 Å². The fraction of sp³-hybridized carbons (Fsp3) is 0.400. The Morgan fingerprint density at radius 2 is 1.88 bits per heavy atom. The summed E-state index contributed by atoms with van der Waals surface area (Å²) in [5, 5.41) is 0.0409. The number of rotatable bonds is 6. The molecule has 32 heavy (non-hydrogen) atoms. The van der Waals surface area contributed by atoms with Crippen molar-refractivity contribution >= 4 is 51.6 Å². The van der Waals surface area contributed by atoms with Crippen molar-refractivity contribution in [2.75, 3.05) is 12.9 Å². The zero-order valence-corrected chi connectivity index (χ0v) is 21.4. The fourth-order valence-corrected chi connectivity index (χ4v) is 4.75. The molecule has 9 nitrogen and oxygen atoms in total. The Hall–Kier alpha value is -2.34. The van der Waals surface area contributed by atoms with Gasteiger partial charge in [0.2, 0.25) is 0 Å². The van der Waals surface area contributed by atoms with E-state index in [1.54, 1.807) is 35.7 Å². The molecule has 4 rings (SSSR count). The highest BCUT2D eigenvalue weighted by atomic mass is 35.5. The lowest BCUT2D eigenvalue weighted by molar-refractivity contribution is 0.0895. The summed E-state index contributed by atoms with van der Waals surface area (Å²) in [4.78, 5) is 16.2. The maximum atomic E-state index is 11.9. The van der Waals surface area contributed by atoms with Crippen molar-refractivity contribution in [3.8, 4) is 0 Å². The molecule has 0 spiro atoms. The van der Waals surface area contributed by atoms with Crippen molar-refractivity contribution in [1.29, 1.82) is 0 Å². The van der Waals surface area contributed by atoms with Crippen molar-refractivity contribution in [3.63, 3.8) is 0 Å². The minimum Gasteiger partial charge on any atom is -0.361 e. The number of aryl methyl sites for hydroxylation is 1. The second kappa shape index (κ2) is 9.65. The first-order valence-electron chi connectivity index (χ1n) is 9.96. The predicted molar refractivity (Wildman–Crippen MR) is 128 cm³/mol. The van der Waals surface area contributed by atoms with Gasteiger partial charge in [-0.1, -0.05) is 31.2 Å². The van der Waals surface area contributed by atoms with Gasteiger partial charge in [0, 0.05) is 40.2 Å². The Bertz CT molecular complexity index is 1330. The van der Waals surface area contributed by atoms with E-state index in [1.165, 1.54) is 0 Å². The van der Waals surface area contributed by atoms with Gasteiger partial charge in [0.05, 0.1) is 29.9 Å². The lowest BCUT2D eigenvalue weighted by Crippen LogP contribution is -2.22. The monoisotopic (exact) mass is 494 g/mol. The van der Waals surface area contributed by atoms with Crippen molar-refractivity contribution < 1.29 is 13.2 Å². The molecule has 0 radical (unpaired) electrons. The summed E-state index contributed by atoms with van der Waals surface area (Å²) in [6.07, 6.45) is 7.96. The average molecular weight is 495 g/mol. The number of pyridine rings is 2. The number of imidazole rings is 2. The third-order valence-corrected chi connectivity index (χ3v) is 7.52. The van der Waals surface area contributed by atoms with Crippen LogP contribution in [0.4, 0.5) is 0 Å². The second-order valence-electron chi connectivity index (χ2n) is 8.67. The summed E-state index contributed by atoms with van der Waals surface area (Å²) in [5.74, 6) is 0. The van der Waals surface area contributed by atoms with Crippen LogP contribution in [0.15, 0.2) is 42.2 Å². The van der Waals surface area contributed by atoms with Crippen LogP contribution >= 0.6 is 11.6 Å². The predicted octanol–water partition coefficient (Wildman–Crippen LogP) is 3.77. The van der Waals surface area contributed by atoms with E-state index in [0.717, 1.165) is 23.3 Å². The number of aromatic nitrogens is 6. The lowest BCUT2D eigenvalue weighted by atomic mass is 10.4. The molecule has 4 aromatic rings. The zero-order valence-electron chi connectivity index (χ0n) is 18.8. The normalized spacial score (nSPS) is 12.2. The van der Waals surface area contributed by atoms with Gasteiger partial charge >= 0.3 is 0 Å². The minimum atomic E-state index is -3.50. The third kappa shape index (κ3) is 6.12. The summed E-state index contributed by atoms with van der Waals surface area (Å²) >= 11 is 5.86. The Balaban J connectivity index is 0.000000238. The first kappa shape index (κ1) is 24.3. The van der Waals surface area contributed by atoms with Crippen LogP contribution < -0.4 is 0 Å². The van der Waals surface area contributed by atoms with Crippen LogP contribution in [0, 0.1) is 0 Å². The van der Waals surface area contributed by atoms with E-state index in [0.29, 0.717) is 17.6 Å². The van der Waals surface area contributed by atoms with Gasteiger partial charge in [-0.05, 0) is 12.1 Å². The molecule has 0 saturated carbocycles. The number of ether oxygens (including phenoxy) is 1. The fourth-order valence-electron chi connectivity index (χ4n) is 2.92. The Morgan fingerprint density at radius 3 is 2.53 bits per heavy atom. The van der Waals surface area contributed by atoms with Crippen molar-refractivity contribution in [1.82, 2.24) is 29.1 Å². The maximum Gasteiger partial charge on any atom is 0.195 e. The Morgan fingerprint density at radius 1 is 1.16 bits per heavy atom. The van der Waals surface area contributed by atoms with E-state index in [2.05, 4.69) is 39.6 Å². The van der Waals surface area contributed by atoms with Crippen molar-refractivity contribution in [2.45, 2.75) is 37.4 Å². The molecule has 0 aliphatic carbocycles. The van der Waals surface area contributed by atoms with Crippen molar-refractivity contribution in [2.24, 2.45) is 7.05 Å². The van der Waals surface area contributed by atoms with Crippen LogP contribution in [0.5, 0.6) is 0 Å². The Kier molecular flexibility index (Phi) is 7.33. The molecule has 0 bridgehead atoms. The smallest absolute Gasteiger partial charge is 0.195 e. The third-order valence-electron chi connectivity index (χ3n) is 4.64. The molecule has 0 amide bonds. The largest absolute Gasteiger partial charge is 0.361 e. The number of sulfone groups is 1. The summed E-state index contributed by atoms with van der Waals surface area (Å²) in [5.41, 5.74) is 2.99. The molecule has 0 aliphatic rings. The van der Waals surface area contributed by atoms with Gasteiger partial charge < -0.3 is 13.9 Å². The lowest BCUT2D eigenvalue weighted by Gasteiger charge is -2.15. The zero-order chi connectivity index (χ0) is 23.5. The van der Waals surface area contributed by atoms with E-state index in [1.807, 2.05) is 17.7 Å². The molecular formula is C20H27ClN6O3SSi. The number of hydrogen-bond acceptors (Lipinski definition) is 7. The molecule has 4 heterocycles. The molecule has 0 atom stereocenters. The van der Waals surface area contributed by atoms with Crippen LogP contribution in [-0.2, 0) is 28.4 Å². The summed E-state index contributed by atoms with van der Waals surface area (Å²) in [7, 11) is -2.69. The molecule has 0 aliphatic heterocycles. The van der Waals surface area contributed by atoms with Crippen LogP contribution in [0.2, 0.25) is 30.8 Å². The number of fused-ring (bicyclic) bond motifs is 2.